The van der Waals surface area contributed by atoms with E-state index in [1.54, 1.807) is 29.2 Å². The molecule has 9 heteroatoms. The quantitative estimate of drug-likeness (QED) is 0.391. The molecular formula is C19H26N4O5. The van der Waals surface area contributed by atoms with Crippen molar-refractivity contribution in [2.45, 2.75) is 13.8 Å². The van der Waals surface area contributed by atoms with E-state index in [-0.39, 0.29) is 18.4 Å². The van der Waals surface area contributed by atoms with Crippen molar-refractivity contribution in [3.63, 3.8) is 0 Å². The lowest BCUT2D eigenvalue weighted by Crippen LogP contribution is -2.43. The zero-order chi connectivity index (χ0) is 20.4. The van der Waals surface area contributed by atoms with Crippen molar-refractivity contribution in [1.29, 1.82) is 0 Å². The van der Waals surface area contributed by atoms with Crippen molar-refractivity contribution in [3.8, 4) is 5.75 Å². The van der Waals surface area contributed by atoms with Gasteiger partial charge < -0.3 is 19.7 Å². The molecule has 2 rings (SSSR count). The molecule has 0 aromatic heterocycles. The molecule has 3 amide bonds. The zero-order valence-electron chi connectivity index (χ0n) is 16.1. The van der Waals surface area contributed by atoms with E-state index in [2.05, 4.69) is 15.8 Å². The molecule has 0 saturated carbocycles. The number of ether oxygens (including phenoxy) is 2. The van der Waals surface area contributed by atoms with Crippen LogP contribution in [-0.2, 0) is 19.1 Å². The van der Waals surface area contributed by atoms with Gasteiger partial charge in [0, 0.05) is 25.2 Å². The van der Waals surface area contributed by atoms with E-state index in [9.17, 15) is 14.4 Å². The molecule has 0 unspecified atom stereocenters. The number of para-hydroxylation sites is 1. The fraction of sp³-hybridized carbons (Fsp3) is 0.474. The SMILES string of the molecule is CC(C)CNC(=O)C(=O)N/N=C\c1ccccc1OCC(=O)N1CCOCC1. The maximum atomic E-state index is 12.2. The number of rotatable bonds is 7. The maximum Gasteiger partial charge on any atom is 0.329 e. The van der Waals surface area contributed by atoms with Crippen LogP contribution in [-0.4, -0.2) is 68.3 Å². The van der Waals surface area contributed by atoms with Gasteiger partial charge in [-0.1, -0.05) is 26.0 Å². The second-order valence-corrected chi connectivity index (χ2v) is 6.62. The van der Waals surface area contributed by atoms with Crippen LogP contribution in [0.25, 0.3) is 0 Å². The smallest absolute Gasteiger partial charge is 0.329 e. The van der Waals surface area contributed by atoms with Gasteiger partial charge in [0.25, 0.3) is 5.91 Å². The highest BCUT2D eigenvalue weighted by Crippen LogP contribution is 2.16. The summed E-state index contributed by atoms with van der Waals surface area (Å²) in [6.45, 7) is 6.32. The van der Waals surface area contributed by atoms with E-state index in [1.165, 1.54) is 6.21 Å². The Hall–Kier alpha value is -2.94. The van der Waals surface area contributed by atoms with Gasteiger partial charge in [0.05, 0.1) is 19.4 Å². The molecule has 1 aliphatic heterocycles. The molecule has 0 atom stereocenters. The van der Waals surface area contributed by atoms with Gasteiger partial charge in [-0.15, -0.1) is 0 Å². The number of hydrogen-bond donors (Lipinski definition) is 2. The van der Waals surface area contributed by atoms with Crippen LogP contribution in [0, 0.1) is 5.92 Å². The molecule has 28 heavy (non-hydrogen) atoms. The Morgan fingerprint density at radius 1 is 1.21 bits per heavy atom. The van der Waals surface area contributed by atoms with Crippen molar-refractivity contribution in [3.05, 3.63) is 29.8 Å². The number of hydrogen-bond acceptors (Lipinski definition) is 6. The molecule has 1 fully saturated rings. The van der Waals surface area contributed by atoms with Crippen molar-refractivity contribution < 1.29 is 23.9 Å². The number of carbonyl (C=O) groups is 3. The molecule has 0 aliphatic carbocycles. The second-order valence-electron chi connectivity index (χ2n) is 6.62. The number of morpholine rings is 1. The topological polar surface area (TPSA) is 109 Å². The van der Waals surface area contributed by atoms with Crippen molar-refractivity contribution in [2.75, 3.05) is 39.5 Å². The summed E-state index contributed by atoms with van der Waals surface area (Å²) >= 11 is 0. The fourth-order valence-corrected chi connectivity index (χ4v) is 2.35. The zero-order valence-corrected chi connectivity index (χ0v) is 16.1. The molecule has 9 nitrogen and oxygen atoms in total. The summed E-state index contributed by atoms with van der Waals surface area (Å²) in [5.41, 5.74) is 2.74. The minimum atomic E-state index is -0.849. The van der Waals surface area contributed by atoms with E-state index in [4.69, 9.17) is 9.47 Å². The monoisotopic (exact) mass is 390 g/mol. The first-order valence-electron chi connectivity index (χ1n) is 9.16. The average molecular weight is 390 g/mol. The molecule has 0 radical (unpaired) electrons. The number of benzene rings is 1. The van der Waals surface area contributed by atoms with Gasteiger partial charge in [-0.3, -0.25) is 14.4 Å². The normalized spacial score (nSPS) is 14.2. The number of nitrogens with zero attached hydrogens (tertiary/aromatic N) is 2. The minimum absolute atomic E-state index is 0.102. The Kier molecular flexibility index (Phi) is 8.41. The number of amides is 3. The summed E-state index contributed by atoms with van der Waals surface area (Å²) in [4.78, 5) is 37.2. The van der Waals surface area contributed by atoms with Crippen LogP contribution in [0.5, 0.6) is 5.75 Å². The lowest BCUT2D eigenvalue weighted by molar-refractivity contribution is -0.139. The van der Waals surface area contributed by atoms with Gasteiger partial charge >= 0.3 is 11.8 Å². The summed E-state index contributed by atoms with van der Waals surface area (Å²) in [5.74, 6) is -1.02. The Labute approximate surface area is 164 Å². The minimum Gasteiger partial charge on any atom is -0.483 e. The molecule has 2 N–H and O–H groups in total. The molecule has 1 saturated heterocycles. The third-order valence-electron chi connectivity index (χ3n) is 3.88. The highest BCUT2D eigenvalue weighted by Gasteiger charge is 2.17. The van der Waals surface area contributed by atoms with Crippen LogP contribution >= 0.6 is 0 Å². The number of carbonyl (C=O) groups excluding carboxylic acids is 3. The Morgan fingerprint density at radius 3 is 2.64 bits per heavy atom. The van der Waals surface area contributed by atoms with E-state index in [0.29, 0.717) is 44.2 Å². The van der Waals surface area contributed by atoms with Gasteiger partial charge in [-0.25, -0.2) is 5.43 Å². The summed E-state index contributed by atoms with van der Waals surface area (Å²) in [6.07, 6.45) is 1.36. The van der Waals surface area contributed by atoms with Gasteiger partial charge in [0.2, 0.25) is 0 Å². The van der Waals surface area contributed by atoms with E-state index < -0.39 is 11.8 Å². The van der Waals surface area contributed by atoms with Crippen molar-refractivity contribution >= 4 is 23.9 Å². The largest absolute Gasteiger partial charge is 0.483 e. The Morgan fingerprint density at radius 2 is 1.93 bits per heavy atom. The molecule has 1 aromatic carbocycles. The van der Waals surface area contributed by atoms with Gasteiger partial charge in [0.1, 0.15) is 5.75 Å². The van der Waals surface area contributed by atoms with E-state index >= 15 is 0 Å². The lowest BCUT2D eigenvalue weighted by atomic mass is 10.2. The van der Waals surface area contributed by atoms with Crippen LogP contribution < -0.4 is 15.5 Å². The molecule has 1 aromatic rings. The van der Waals surface area contributed by atoms with Crippen LogP contribution in [0.1, 0.15) is 19.4 Å². The first kappa shape index (κ1) is 21.4. The molecule has 1 aliphatic rings. The third kappa shape index (κ3) is 6.99. The van der Waals surface area contributed by atoms with Crippen molar-refractivity contribution in [2.24, 2.45) is 11.0 Å². The first-order valence-corrected chi connectivity index (χ1v) is 9.16. The third-order valence-corrected chi connectivity index (χ3v) is 3.88. The maximum absolute atomic E-state index is 12.2. The van der Waals surface area contributed by atoms with Crippen molar-refractivity contribution in [1.82, 2.24) is 15.6 Å². The standard InChI is InChI=1S/C19H26N4O5/c1-14(2)11-20-18(25)19(26)22-21-12-15-5-3-4-6-16(15)28-13-17(24)23-7-9-27-10-8-23/h3-6,12,14H,7-11,13H2,1-2H3,(H,20,25)(H,22,26)/b21-12-. The first-order chi connectivity index (χ1) is 13.5. The van der Waals surface area contributed by atoms with Gasteiger partial charge in [0.15, 0.2) is 6.61 Å². The number of hydrazone groups is 1. The van der Waals surface area contributed by atoms with E-state index in [1.807, 2.05) is 13.8 Å². The van der Waals surface area contributed by atoms with Crippen LogP contribution in [0.3, 0.4) is 0 Å². The predicted molar refractivity (Wildman–Crippen MR) is 103 cm³/mol. The Bertz CT molecular complexity index is 714. The predicted octanol–water partition coefficient (Wildman–Crippen LogP) is 0.147. The fourth-order valence-electron chi connectivity index (χ4n) is 2.35. The number of nitrogens with one attached hydrogen (secondary N) is 2. The molecule has 0 spiro atoms. The summed E-state index contributed by atoms with van der Waals surface area (Å²) < 4.78 is 10.8. The van der Waals surface area contributed by atoms with Gasteiger partial charge in [-0.05, 0) is 18.1 Å². The molecule has 1 heterocycles. The molecule has 0 bridgehead atoms. The highest BCUT2D eigenvalue weighted by atomic mass is 16.5. The van der Waals surface area contributed by atoms with E-state index in [0.717, 1.165) is 0 Å². The van der Waals surface area contributed by atoms with Crippen LogP contribution in [0.4, 0.5) is 0 Å². The molecular weight excluding hydrogens is 364 g/mol. The molecule has 152 valence electrons. The summed E-state index contributed by atoms with van der Waals surface area (Å²) in [7, 11) is 0. The lowest BCUT2D eigenvalue weighted by Gasteiger charge is -2.26. The highest BCUT2D eigenvalue weighted by molar-refractivity contribution is 6.35. The summed E-state index contributed by atoms with van der Waals surface area (Å²) in [5, 5.41) is 6.30. The average Bonchev–Trinajstić information content (AvgIpc) is 2.71. The Balaban J connectivity index is 1.86. The van der Waals surface area contributed by atoms with Crippen LogP contribution in [0.15, 0.2) is 29.4 Å². The second kappa shape index (κ2) is 11.0. The van der Waals surface area contributed by atoms with Gasteiger partial charge in [-0.2, -0.15) is 5.10 Å². The van der Waals surface area contributed by atoms with Crippen LogP contribution in [0.2, 0.25) is 0 Å². The summed E-state index contributed by atoms with van der Waals surface area (Å²) in [6, 6.07) is 6.97.